The van der Waals surface area contributed by atoms with E-state index in [1.165, 1.54) is 28.6 Å². The molecule has 2 fully saturated rings. The average molecular weight is 522 g/mol. The fourth-order valence-electron chi connectivity index (χ4n) is 4.01. The van der Waals surface area contributed by atoms with E-state index in [1.807, 2.05) is 6.07 Å². The van der Waals surface area contributed by atoms with Crippen molar-refractivity contribution >= 4 is 51.4 Å². The van der Waals surface area contributed by atoms with Crippen molar-refractivity contribution in [1.29, 1.82) is 0 Å². The number of nitrogens with one attached hydrogen (secondary N) is 2. The Balaban J connectivity index is 1.38. The SMILES string of the molecule is O=C1NC(=N[C@@H]2CNC[C@H]2O)S/C1=C\c1ccc2c(cnn2Cc2ccc(Cl)cc2C(F)(F)F)c1. The zero-order valence-corrected chi connectivity index (χ0v) is 19.6. The number of thioether (sulfide) groups is 1. The van der Waals surface area contributed by atoms with Crippen LogP contribution in [0.5, 0.6) is 0 Å². The summed E-state index contributed by atoms with van der Waals surface area (Å²) in [6.07, 6.45) is -1.84. The molecule has 0 saturated carbocycles. The lowest BCUT2D eigenvalue weighted by Crippen LogP contribution is -2.26. The highest BCUT2D eigenvalue weighted by molar-refractivity contribution is 8.18. The summed E-state index contributed by atoms with van der Waals surface area (Å²) in [5, 5.41) is 21.1. The lowest BCUT2D eigenvalue weighted by atomic mass is 10.1. The van der Waals surface area contributed by atoms with E-state index in [1.54, 1.807) is 24.4 Å². The molecule has 5 rings (SSSR count). The van der Waals surface area contributed by atoms with Gasteiger partial charge in [-0.05, 0) is 53.2 Å². The maximum absolute atomic E-state index is 13.5. The predicted molar refractivity (Wildman–Crippen MR) is 129 cm³/mol. The average Bonchev–Trinajstić information content (AvgIpc) is 3.48. The Kier molecular flexibility index (Phi) is 6.34. The smallest absolute Gasteiger partial charge is 0.390 e. The Bertz CT molecular complexity index is 1370. The molecule has 2 aliphatic heterocycles. The number of aliphatic hydroxyl groups excluding tert-OH is 1. The molecule has 1 aromatic heterocycles. The van der Waals surface area contributed by atoms with Crippen LogP contribution >= 0.6 is 23.4 Å². The Morgan fingerprint density at radius 1 is 1.26 bits per heavy atom. The summed E-state index contributed by atoms with van der Waals surface area (Å²) in [5.41, 5.74) is 0.661. The first kappa shape index (κ1) is 23.9. The van der Waals surface area contributed by atoms with Gasteiger partial charge in [0.1, 0.15) is 0 Å². The number of hydrogen-bond donors (Lipinski definition) is 3. The van der Waals surface area contributed by atoms with E-state index >= 15 is 0 Å². The number of amides is 1. The molecule has 12 heteroatoms. The summed E-state index contributed by atoms with van der Waals surface area (Å²) in [6, 6.07) is 8.72. The highest BCUT2D eigenvalue weighted by atomic mass is 35.5. The summed E-state index contributed by atoms with van der Waals surface area (Å²) in [4.78, 5) is 17.2. The molecular formula is C23H19ClF3N5O2S. The molecule has 0 radical (unpaired) electrons. The summed E-state index contributed by atoms with van der Waals surface area (Å²) >= 11 is 6.97. The van der Waals surface area contributed by atoms with Crippen LogP contribution in [0.2, 0.25) is 5.02 Å². The number of aromatic nitrogens is 2. The molecule has 7 nitrogen and oxygen atoms in total. The first-order chi connectivity index (χ1) is 16.7. The molecule has 0 unspecified atom stereocenters. The topological polar surface area (TPSA) is 91.5 Å². The minimum absolute atomic E-state index is 0.0159. The molecule has 1 amide bonds. The lowest BCUT2D eigenvalue weighted by Gasteiger charge is -2.14. The lowest BCUT2D eigenvalue weighted by molar-refractivity contribution is -0.138. The minimum atomic E-state index is -4.53. The summed E-state index contributed by atoms with van der Waals surface area (Å²) in [5.74, 6) is -0.285. The molecule has 3 aromatic rings. The molecule has 35 heavy (non-hydrogen) atoms. The van der Waals surface area contributed by atoms with Gasteiger partial charge in [-0.2, -0.15) is 18.3 Å². The molecule has 3 N–H and O–H groups in total. The van der Waals surface area contributed by atoms with E-state index in [2.05, 4.69) is 20.7 Å². The number of carbonyl (C=O) groups excluding carboxylic acids is 1. The van der Waals surface area contributed by atoms with Crippen molar-refractivity contribution < 1.29 is 23.1 Å². The highest BCUT2D eigenvalue weighted by Gasteiger charge is 2.34. The van der Waals surface area contributed by atoms with Crippen LogP contribution in [0.3, 0.4) is 0 Å². The molecule has 0 aliphatic carbocycles. The van der Waals surface area contributed by atoms with Crippen molar-refractivity contribution in [3.8, 4) is 0 Å². The van der Waals surface area contributed by atoms with Crippen molar-refractivity contribution in [2.75, 3.05) is 13.1 Å². The van der Waals surface area contributed by atoms with Gasteiger partial charge in [0.2, 0.25) is 0 Å². The number of β-amino-alcohol motifs (C(OH)–C–C–N with tert-alkyl or cyclic N) is 1. The van der Waals surface area contributed by atoms with E-state index in [0.29, 0.717) is 28.7 Å². The van der Waals surface area contributed by atoms with Crippen molar-refractivity contribution in [3.63, 3.8) is 0 Å². The van der Waals surface area contributed by atoms with Crippen molar-refractivity contribution in [1.82, 2.24) is 20.4 Å². The van der Waals surface area contributed by atoms with Gasteiger partial charge in [0.05, 0.1) is 40.9 Å². The second kappa shape index (κ2) is 9.30. The Morgan fingerprint density at radius 2 is 2.09 bits per heavy atom. The van der Waals surface area contributed by atoms with Gasteiger partial charge in [-0.15, -0.1) is 0 Å². The van der Waals surface area contributed by atoms with E-state index in [9.17, 15) is 23.1 Å². The van der Waals surface area contributed by atoms with Crippen LogP contribution in [0.15, 0.2) is 52.5 Å². The third kappa shape index (κ3) is 5.08. The van der Waals surface area contributed by atoms with E-state index in [-0.39, 0.29) is 29.1 Å². The van der Waals surface area contributed by atoms with E-state index < -0.39 is 17.8 Å². The maximum Gasteiger partial charge on any atom is 0.416 e. The number of fused-ring (bicyclic) bond motifs is 1. The third-order valence-corrected chi connectivity index (χ3v) is 6.91. The number of benzene rings is 2. The zero-order valence-electron chi connectivity index (χ0n) is 18.0. The van der Waals surface area contributed by atoms with Crippen LogP contribution in [-0.4, -0.2) is 51.2 Å². The number of rotatable bonds is 4. The van der Waals surface area contributed by atoms with Crippen LogP contribution in [0, 0.1) is 0 Å². The van der Waals surface area contributed by atoms with Gasteiger partial charge in [0, 0.05) is 23.5 Å². The molecule has 3 heterocycles. The van der Waals surface area contributed by atoms with Gasteiger partial charge in [0.25, 0.3) is 5.91 Å². The number of nitrogens with zero attached hydrogens (tertiary/aromatic N) is 3. The monoisotopic (exact) mass is 521 g/mol. The first-order valence-electron chi connectivity index (χ1n) is 10.7. The zero-order chi connectivity index (χ0) is 24.7. The number of hydrogen-bond acceptors (Lipinski definition) is 6. The van der Waals surface area contributed by atoms with E-state index in [0.717, 1.165) is 17.0 Å². The van der Waals surface area contributed by atoms with Gasteiger partial charge in [-0.3, -0.25) is 14.5 Å². The number of carbonyl (C=O) groups is 1. The number of halogens is 4. The van der Waals surface area contributed by atoms with Gasteiger partial charge in [-0.25, -0.2) is 0 Å². The predicted octanol–water partition coefficient (Wildman–Crippen LogP) is 3.65. The van der Waals surface area contributed by atoms with Crippen LogP contribution in [-0.2, 0) is 17.5 Å². The number of alkyl halides is 3. The third-order valence-electron chi connectivity index (χ3n) is 5.75. The largest absolute Gasteiger partial charge is 0.416 e. The minimum Gasteiger partial charge on any atom is -0.390 e. The quantitative estimate of drug-likeness (QED) is 0.456. The molecule has 2 atom stereocenters. The number of aliphatic imine (C=N–C) groups is 1. The summed E-state index contributed by atoms with van der Waals surface area (Å²) < 4.78 is 41.9. The Morgan fingerprint density at radius 3 is 2.83 bits per heavy atom. The van der Waals surface area contributed by atoms with Crippen LogP contribution < -0.4 is 10.6 Å². The van der Waals surface area contributed by atoms with Gasteiger partial charge in [0.15, 0.2) is 5.17 Å². The molecule has 0 bridgehead atoms. The van der Waals surface area contributed by atoms with E-state index in [4.69, 9.17) is 11.6 Å². The second-order valence-corrected chi connectivity index (χ2v) is 9.68. The Hall–Kier alpha value is -2.86. The van der Waals surface area contributed by atoms with Crippen molar-refractivity contribution in [3.05, 3.63) is 69.2 Å². The molecule has 2 aromatic carbocycles. The first-order valence-corrected chi connectivity index (χ1v) is 11.9. The van der Waals surface area contributed by atoms with Crippen LogP contribution in [0.25, 0.3) is 17.0 Å². The second-order valence-electron chi connectivity index (χ2n) is 8.21. The molecule has 2 aliphatic rings. The van der Waals surface area contributed by atoms with Gasteiger partial charge in [-0.1, -0.05) is 23.7 Å². The summed E-state index contributed by atoms with van der Waals surface area (Å²) in [6.45, 7) is 0.934. The van der Waals surface area contributed by atoms with Gasteiger partial charge < -0.3 is 15.7 Å². The van der Waals surface area contributed by atoms with Crippen LogP contribution in [0.4, 0.5) is 13.2 Å². The molecular weight excluding hydrogens is 503 g/mol. The number of aliphatic hydroxyl groups is 1. The fourth-order valence-corrected chi connectivity index (χ4v) is 5.06. The summed E-state index contributed by atoms with van der Waals surface area (Å²) in [7, 11) is 0. The Labute approximate surface area is 207 Å². The number of amidine groups is 1. The highest BCUT2D eigenvalue weighted by Crippen LogP contribution is 2.34. The van der Waals surface area contributed by atoms with Crippen molar-refractivity contribution in [2.45, 2.75) is 24.9 Å². The molecule has 182 valence electrons. The van der Waals surface area contributed by atoms with Gasteiger partial charge >= 0.3 is 6.18 Å². The standard InChI is InChI=1S/C23H19ClF3N5O2S/c24-15-3-2-13(16(7-15)23(25,26)27)11-32-18-4-1-12(5-14(18)8-29-32)6-20-21(34)31-22(35-20)30-17-9-28-10-19(17)33/h1-8,17,19,28,33H,9-11H2,(H,30,31,34)/b20-6-/t17-,19-/m1/s1. The van der Waals surface area contributed by atoms with Crippen molar-refractivity contribution in [2.24, 2.45) is 4.99 Å². The maximum atomic E-state index is 13.5. The normalized spacial score (nSPS) is 23.1. The molecule has 2 saturated heterocycles. The van der Waals surface area contributed by atoms with Crippen LogP contribution in [0.1, 0.15) is 16.7 Å². The fraction of sp³-hybridized carbons (Fsp3) is 0.261. The molecule has 0 spiro atoms.